The number of carbonyl (C=O) groups excluding carboxylic acids is 1. The molecule has 2 aliphatic rings. The van der Waals surface area contributed by atoms with E-state index in [4.69, 9.17) is 4.74 Å². The SMILES string of the molecule is CN(C)C1=C(C2OC(=O)c3ccccc32)CC(N(C)C)(N(C)C)C=C1. The van der Waals surface area contributed by atoms with E-state index in [2.05, 4.69) is 55.0 Å². The highest BCUT2D eigenvalue weighted by molar-refractivity contribution is 5.94. The molecule has 1 atom stereocenters. The Balaban J connectivity index is 2.11. The first-order valence-electron chi connectivity index (χ1n) is 8.52. The Morgan fingerprint density at radius 3 is 2.28 bits per heavy atom. The molecular formula is C20H27N3O2. The summed E-state index contributed by atoms with van der Waals surface area (Å²) in [6.45, 7) is 0. The highest BCUT2D eigenvalue weighted by atomic mass is 16.5. The van der Waals surface area contributed by atoms with Crippen molar-refractivity contribution in [2.75, 3.05) is 42.3 Å². The van der Waals surface area contributed by atoms with Gasteiger partial charge in [-0.2, -0.15) is 0 Å². The van der Waals surface area contributed by atoms with Gasteiger partial charge in [0.15, 0.2) is 6.10 Å². The normalized spacial score (nSPS) is 21.8. The molecule has 0 N–H and O–H groups in total. The second-order valence-electron chi connectivity index (χ2n) is 7.36. The maximum atomic E-state index is 12.3. The van der Waals surface area contributed by atoms with Gasteiger partial charge in [0.25, 0.3) is 0 Å². The van der Waals surface area contributed by atoms with Crippen molar-refractivity contribution >= 4 is 5.97 Å². The summed E-state index contributed by atoms with van der Waals surface area (Å²) in [5.74, 6) is -0.235. The van der Waals surface area contributed by atoms with E-state index in [1.165, 1.54) is 0 Å². The Labute approximate surface area is 150 Å². The van der Waals surface area contributed by atoms with Crippen molar-refractivity contribution in [2.45, 2.75) is 18.2 Å². The van der Waals surface area contributed by atoms with E-state index in [0.29, 0.717) is 5.56 Å². The summed E-state index contributed by atoms with van der Waals surface area (Å²) in [5, 5.41) is 0. The van der Waals surface area contributed by atoms with E-state index < -0.39 is 0 Å². The number of cyclic esters (lactones) is 1. The van der Waals surface area contributed by atoms with Gasteiger partial charge in [-0.15, -0.1) is 0 Å². The van der Waals surface area contributed by atoms with Gasteiger partial charge >= 0.3 is 5.97 Å². The maximum absolute atomic E-state index is 12.3. The second-order valence-corrected chi connectivity index (χ2v) is 7.36. The molecule has 1 unspecified atom stereocenters. The minimum atomic E-state index is -0.328. The Hall–Kier alpha value is -2.11. The Morgan fingerprint density at radius 1 is 1.04 bits per heavy atom. The van der Waals surface area contributed by atoms with Gasteiger partial charge in [0.1, 0.15) is 0 Å². The number of hydrogen-bond acceptors (Lipinski definition) is 5. The van der Waals surface area contributed by atoms with E-state index in [-0.39, 0.29) is 17.7 Å². The monoisotopic (exact) mass is 341 g/mol. The molecule has 1 aliphatic carbocycles. The van der Waals surface area contributed by atoms with Crippen LogP contribution in [0.2, 0.25) is 0 Å². The number of esters is 1. The van der Waals surface area contributed by atoms with Crippen LogP contribution in [-0.4, -0.2) is 68.6 Å². The van der Waals surface area contributed by atoms with Crippen LogP contribution in [0.5, 0.6) is 0 Å². The van der Waals surface area contributed by atoms with E-state index in [0.717, 1.165) is 23.3 Å². The van der Waals surface area contributed by atoms with Gasteiger partial charge in [-0.3, -0.25) is 9.80 Å². The first-order chi connectivity index (χ1) is 11.8. The lowest BCUT2D eigenvalue weighted by molar-refractivity contribution is 0.0285. The fraction of sp³-hybridized carbons (Fsp3) is 0.450. The van der Waals surface area contributed by atoms with Crippen molar-refractivity contribution in [3.8, 4) is 0 Å². The van der Waals surface area contributed by atoms with Gasteiger partial charge in [-0.25, -0.2) is 4.79 Å². The molecule has 5 heteroatoms. The molecule has 0 spiro atoms. The third-order valence-corrected chi connectivity index (χ3v) is 5.32. The van der Waals surface area contributed by atoms with E-state index in [1.54, 1.807) is 0 Å². The number of rotatable bonds is 4. The van der Waals surface area contributed by atoms with Gasteiger partial charge in [0, 0.05) is 37.3 Å². The Kier molecular flexibility index (Phi) is 4.47. The van der Waals surface area contributed by atoms with Crippen molar-refractivity contribution in [2.24, 2.45) is 0 Å². The first-order valence-corrected chi connectivity index (χ1v) is 8.52. The smallest absolute Gasteiger partial charge is 0.339 e. The molecule has 0 amide bonds. The molecule has 1 heterocycles. The molecule has 3 rings (SSSR count). The zero-order chi connectivity index (χ0) is 18.4. The standard InChI is InChI=1S/C20H27N3O2/c1-21(2)17-11-12-20(22(3)4,23(5)6)13-16(17)18-14-9-7-8-10-15(14)19(24)25-18/h7-12,18H,13H2,1-6H3. The molecule has 1 aromatic rings. The summed E-state index contributed by atoms with van der Waals surface area (Å²) in [5.41, 5.74) is 3.62. The molecular weight excluding hydrogens is 314 g/mol. The van der Waals surface area contributed by atoms with Gasteiger partial charge in [-0.05, 0) is 46.4 Å². The quantitative estimate of drug-likeness (QED) is 0.621. The number of ether oxygens (including phenoxy) is 1. The van der Waals surface area contributed by atoms with Crippen molar-refractivity contribution in [1.29, 1.82) is 0 Å². The molecule has 1 aliphatic heterocycles. The van der Waals surface area contributed by atoms with Crippen LogP contribution in [0.1, 0.15) is 28.4 Å². The first kappa shape index (κ1) is 17.7. The maximum Gasteiger partial charge on any atom is 0.339 e. The predicted octanol–water partition coefficient (Wildman–Crippen LogP) is 2.49. The van der Waals surface area contributed by atoms with Gasteiger partial charge in [0.2, 0.25) is 0 Å². The number of likely N-dealkylation sites (N-methyl/N-ethyl adjacent to an activating group) is 3. The fourth-order valence-corrected chi connectivity index (χ4v) is 3.83. The lowest BCUT2D eigenvalue weighted by Crippen LogP contribution is -2.55. The molecule has 0 bridgehead atoms. The average molecular weight is 341 g/mol. The molecule has 5 nitrogen and oxygen atoms in total. The second kappa shape index (κ2) is 6.32. The topological polar surface area (TPSA) is 36.0 Å². The Bertz CT molecular complexity index is 739. The number of carbonyl (C=O) groups is 1. The lowest BCUT2D eigenvalue weighted by atomic mass is 9.84. The number of nitrogens with zero attached hydrogens (tertiary/aromatic N) is 3. The summed E-state index contributed by atoms with van der Waals surface area (Å²) in [6.07, 6.45) is 4.82. The summed E-state index contributed by atoms with van der Waals surface area (Å²) < 4.78 is 5.81. The molecule has 25 heavy (non-hydrogen) atoms. The van der Waals surface area contributed by atoms with E-state index >= 15 is 0 Å². The van der Waals surface area contributed by atoms with Crippen molar-refractivity contribution in [1.82, 2.24) is 14.7 Å². The zero-order valence-electron chi connectivity index (χ0n) is 15.9. The predicted molar refractivity (Wildman–Crippen MR) is 99.2 cm³/mol. The zero-order valence-corrected chi connectivity index (χ0v) is 15.9. The van der Waals surface area contributed by atoms with Gasteiger partial charge in [-0.1, -0.05) is 18.2 Å². The van der Waals surface area contributed by atoms with Crippen LogP contribution in [0.3, 0.4) is 0 Å². The summed E-state index contributed by atoms with van der Waals surface area (Å²) in [4.78, 5) is 18.8. The molecule has 0 fully saturated rings. The van der Waals surface area contributed by atoms with Crippen LogP contribution in [0.25, 0.3) is 0 Å². The molecule has 0 saturated carbocycles. The van der Waals surface area contributed by atoms with Crippen molar-refractivity contribution in [3.63, 3.8) is 0 Å². The molecule has 134 valence electrons. The Morgan fingerprint density at radius 2 is 1.68 bits per heavy atom. The molecule has 0 radical (unpaired) electrons. The molecule has 0 saturated heterocycles. The highest BCUT2D eigenvalue weighted by Gasteiger charge is 2.42. The van der Waals surface area contributed by atoms with Crippen molar-refractivity contribution < 1.29 is 9.53 Å². The molecule has 1 aromatic carbocycles. The minimum Gasteiger partial charge on any atom is -0.449 e. The number of benzene rings is 1. The minimum absolute atomic E-state index is 0.235. The van der Waals surface area contributed by atoms with Crippen LogP contribution in [0.4, 0.5) is 0 Å². The average Bonchev–Trinajstić information content (AvgIpc) is 2.91. The highest BCUT2D eigenvalue weighted by Crippen LogP contribution is 2.44. The molecule has 0 aromatic heterocycles. The van der Waals surface area contributed by atoms with Crippen molar-refractivity contribution in [3.05, 3.63) is 58.8 Å². The van der Waals surface area contributed by atoms with Gasteiger partial charge < -0.3 is 9.64 Å². The summed E-state index contributed by atoms with van der Waals surface area (Å²) in [7, 11) is 12.4. The summed E-state index contributed by atoms with van der Waals surface area (Å²) >= 11 is 0. The fourth-order valence-electron chi connectivity index (χ4n) is 3.83. The van der Waals surface area contributed by atoms with Crippen LogP contribution >= 0.6 is 0 Å². The van der Waals surface area contributed by atoms with Crippen LogP contribution < -0.4 is 0 Å². The number of hydrogen-bond donors (Lipinski definition) is 0. The number of allylic oxidation sites excluding steroid dienone is 1. The van der Waals surface area contributed by atoms with Crippen LogP contribution in [-0.2, 0) is 4.74 Å². The number of fused-ring (bicyclic) bond motifs is 1. The lowest BCUT2D eigenvalue weighted by Gasteiger charge is -2.46. The van der Waals surface area contributed by atoms with E-state index in [9.17, 15) is 4.79 Å². The van der Waals surface area contributed by atoms with E-state index in [1.807, 2.05) is 38.4 Å². The largest absolute Gasteiger partial charge is 0.449 e. The third kappa shape index (κ3) is 2.77. The van der Waals surface area contributed by atoms with Gasteiger partial charge in [0.05, 0.1) is 11.2 Å². The third-order valence-electron chi connectivity index (χ3n) is 5.32. The van der Waals surface area contributed by atoms with Crippen LogP contribution in [0.15, 0.2) is 47.7 Å². The summed E-state index contributed by atoms with van der Waals surface area (Å²) in [6, 6.07) is 7.69. The van der Waals surface area contributed by atoms with Crippen LogP contribution in [0, 0.1) is 0 Å².